The first-order valence-electron chi connectivity index (χ1n) is 7.38. The van der Waals surface area contributed by atoms with Crippen molar-refractivity contribution in [2.24, 2.45) is 0 Å². The molecule has 0 atom stereocenters. The number of carbonyl (C=O) groups excluding carboxylic acids is 1. The van der Waals surface area contributed by atoms with Gasteiger partial charge in [-0.1, -0.05) is 34.1 Å². The second kappa shape index (κ2) is 8.99. The van der Waals surface area contributed by atoms with Crippen LogP contribution in [0.3, 0.4) is 0 Å². The third-order valence-electron chi connectivity index (χ3n) is 3.46. The molecule has 4 nitrogen and oxygen atoms in total. The van der Waals surface area contributed by atoms with E-state index in [0.717, 1.165) is 21.3 Å². The highest BCUT2D eigenvalue weighted by atomic mass is 79.9. The summed E-state index contributed by atoms with van der Waals surface area (Å²) in [6.45, 7) is 1.98. The van der Waals surface area contributed by atoms with Crippen LogP contribution in [0, 0.1) is 6.92 Å². The number of hydrogen-bond acceptors (Lipinski definition) is 4. The lowest BCUT2D eigenvalue weighted by molar-refractivity contribution is -0.113. The second-order valence-corrected chi connectivity index (χ2v) is 6.99. The number of halogens is 1. The number of amides is 1. The fourth-order valence-electron chi connectivity index (χ4n) is 2.16. The van der Waals surface area contributed by atoms with Crippen LogP contribution in [0.2, 0.25) is 0 Å². The van der Waals surface area contributed by atoms with E-state index < -0.39 is 0 Å². The Hall–Kier alpha value is -1.66. The van der Waals surface area contributed by atoms with Gasteiger partial charge in [-0.05, 0) is 36.2 Å². The molecule has 0 aliphatic carbocycles. The molecule has 0 aromatic heterocycles. The molecule has 24 heavy (non-hydrogen) atoms. The smallest absolute Gasteiger partial charge is 0.234 e. The summed E-state index contributed by atoms with van der Waals surface area (Å²) in [6, 6.07) is 11.6. The number of carbonyl (C=O) groups is 1. The van der Waals surface area contributed by atoms with Crippen LogP contribution in [0.5, 0.6) is 11.5 Å². The SMILES string of the molecule is COc1cc(Br)c(CSCC(=O)Nc2ccccc2C)cc1OC. The van der Waals surface area contributed by atoms with Gasteiger partial charge in [0.1, 0.15) is 0 Å². The predicted octanol–water partition coefficient (Wildman–Crippen LogP) is 4.65. The van der Waals surface area contributed by atoms with Crippen molar-refractivity contribution in [2.45, 2.75) is 12.7 Å². The molecule has 1 amide bonds. The summed E-state index contributed by atoms with van der Waals surface area (Å²) in [5.41, 5.74) is 2.97. The van der Waals surface area contributed by atoms with Crippen LogP contribution in [0.4, 0.5) is 5.69 Å². The number of hydrogen-bond donors (Lipinski definition) is 1. The van der Waals surface area contributed by atoms with Gasteiger partial charge >= 0.3 is 0 Å². The van der Waals surface area contributed by atoms with Crippen LogP contribution in [-0.4, -0.2) is 25.9 Å². The summed E-state index contributed by atoms with van der Waals surface area (Å²) in [6.07, 6.45) is 0. The van der Waals surface area contributed by atoms with Gasteiger partial charge in [0.05, 0.1) is 20.0 Å². The Labute approximate surface area is 155 Å². The van der Waals surface area contributed by atoms with Crippen molar-refractivity contribution in [2.75, 3.05) is 25.3 Å². The molecular formula is C18H20BrNO3S. The van der Waals surface area contributed by atoms with Crippen molar-refractivity contribution >= 4 is 39.3 Å². The largest absolute Gasteiger partial charge is 0.493 e. The van der Waals surface area contributed by atoms with E-state index in [1.807, 2.05) is 43.3 Å². The Bertz CT molecular complexity index is 721. The van der Waals surface area contributed by atoms with E-state index in [0.29, 0.717) is 23.0 Å². The topological polar surface area (TPSA) is 47.6 Å². The number of benzene rings is 2. The van der Waals surface area contributed by atoms with Gasteiger partial charge < -0.3 is 14.8 Å². The third-order valence-corrected chi connectivity index (χ3v) is 5.18. The number of methoxy groups -OCH3 is 2. The van der Waals surface area contributed by atoms with Crippen LogP contribution in [0.15, 0.2) is 40.9 Å². The zero-order chi connectivity index (χ0) is 17.5. The quantitative estimate of drug-likeness (QED) is 0.722. The van der Waals surface area contributed by atoms with Crippen molar-refractivity contribution in [3.63, 3.8) is 0 Å². The first kappa shape index (κ1) is 18.7. The van der Waals surface area contributed by atoms with E-state index in [-0.39, 0.29) is 5.91 Å². The maximum atomic E-state index is 12.1. The molecule has 0 saturated carbocycles. The zero-order valence-corrected chi connectivity index (χ0v) is 16.3. The average Bonchev–Trinajstić information content (AvgIpc) is 2.58. The number of nitrogens with one attached hydrogen (secondary N) is 1. The molecular weight excluding hydrogens is 390 g/mol. The Kier molecular flexibility index (Phi) is 6.99. The highest BCUT2D eigenvalue weighted by Crippen LogP contribution is 2.34. The molecule has 128 valence electrons. The molecule has 0 fully saturated rings. The van der Waals surface area contributed by atoms with Crippen LogP contribution < -0.4 is 14.8 Å². The van der Waals surface area contributed by atoms with E-state index in [9.17, 15) is 4.79 Å². The molecule has 2 aromatic rings. The Morgan fingerprint density at radius 3 is 2.50 bits per heavy atom. The molecule has 0 radical (unpaired) electrons. The van der Waals surface area contributed by atoms with E-state index in [1.165, 1.54) is 0 Å². The lowest BCUT2D eigenvalue weighted by atomic mass is 10.2. The number of rotatable bonds is 7. The van der Waals surface area contributed by atoms with E-state index >= 15 is 0 Å². The van der Waals surface area contributed by atoms with Gasteiger partial charge in [0.25, 0.3) is 0 Å². The Morgan fingerprint density at radius 1 is 1.17 bits per heavy atom. The number of thioether (sulfide) groups is 1. The van der Waals surface area contributed by atoms with Crippen LogP contribution in [-0.2, 0) is 10.5 Å². The number of anilines is 1. The second-order valence-electron chi connectivity index (χ2n) is 5.15. The van der Waals surface area contributed by atoms with E-state index in [1.54, 1.807) is 26.0 Å². The molecule has 0 saturated heterocycles. The van der Waals surface area contributed by atoms with Crippen LogP contribution in [0.25, 0.3) is 0 Å². The van der Waals surface area contributed by atoms with Crippen molar-refractivity contribution in [3.8, 4) is 11.5 Å². The van der Waals surface area contributed by atoms with Gasteiger partial charge in [-0.3, -0.25) is 4.79 Å². The molecule has 1 N–H and O–H groups in total. The zero-order valence-electron chi connectivity index (χ0n) is 13.9. The molecule has 0 spiro atoms. The minimum absolute atomic E-state index is 0.00843. The molecule has 0 unspecified atom stereocenters. The highest BCUT2D eigenvalue weighted by Gasteiger charge is 2.11. The fraction of sp³-hybridized carbons (Fsp3) is 0.278. The number of aryl methyl sites for hydroxylation is 1. The lowest BCUT2D eigenvalue weighted by Gasteiger charge is -2.12. The molecule has 0 aliphatic heterocycles. The van der Waals surface area contributed by atoms with Crippen molar-refractivity contribution < 1.29 is 14.3 Å². The molecule has 0 heterocycles. The fourth-order valence-corrected chi connectivity index (χ4v) is 3.63. The van der Waals surface area contributed by atoms with E-state index in [4.69, 9.17) is 9.47 Å². The summed E-state index contributed by atoms with van der Waals surface area (Å²) in [5, 5.41) is 2.94. The summed E-state index contributed by atoms with van der Waals surface area (Å²) in [5.74, 6) is 2.43. The standard InChI is InChI=1S/C18H20BrNO3S/c1-12-6-4-5-7-15(12)20-18(21)11-24-10-13-8-16(22-2)17(23-3)9-14(13)19/h4-9H,10-11H2,1-3H3,(H,20,21). The molecule has 0 bridgehead atoms. The summed E-state index contributed by atoms with van der Waals surface area (Å²) in [4.78, 5) is 12.1. The summed E-state index contributed by atoms with van der Waals surface area (Å²) < 4.78 is 11.5. The Balaban J connectivity index is 1.92. The molecule has 0 aliphatic rings. The van der Waals surface area contributed by atoms with Crippen molar-refractivity contribution in [1.29, 1.82) is 0 Å². The van der Waals surface area contributed by atoms with E-state index in [2.05, 4.69) is 21.2 Å². The van der Waals surface area contributed by atoms with Gasteiger partial charge in [-0.15, -0.1) is 11.8 Å². The summed E-state index contributed by atoms with van der Waals surface area (Å²) >= 11 is 5.08. The Morgan fingerprint density at radius 2 is 1.83 bits per heavy atom. The first-order valence-corrected chi connectivity index (χ1v) is 9.33. The minimum atomic E-state index is -0.00843. The third kappa shape index (κ3) is 4.92. The number of ether oxygens (including phenoxy) is 2. The van der Waals surface area contributed by atoms with Gasteiger partial charge in [-0.2, -0.15) is 0 Å². The normalized spacial score (nSPS) is 10.3. The maximum absolute atomic E-state index is 12.1. The average molecular weight is 410 g/mol. The molecule has 6 heteroatoms. The van der Waals surface area contributed by atoms with Crippen molar-refractivity contribution in [1.82, 2.24) is 0 Å². The summed E-state index contributed by atoms with van der Waals surface area (Å²) in [7, 11) is 3.22. The number of para-hydroxylation sites is 1. The molecule has 2 rings (SSSR count). The van der Waals surface area contributed by atoms with Crippen LogP contribution >= 0.6 is 27.7 Å². The first-order chi connectivity index (χ1) is 11.5. The van der Waals surface area contributed by atoms with Gasteiger partial charge in [0.15, 0.2) is 11.5 Å². The van der Waals surface area contributed by atoms with Gasteiger partial charge in [0, 0.05) is 15.9 Å². The van der Waals surface area contributed by atoms with Crippen LogP contribution in [0.1, 0.15) is 11.1 Å². The minimum Gasteiger partial charge on any atom is -0.493 e. The lowest BCUT2D eigenvalue weighted by Crippen LogP contribution is -2.14. The highest BCUT2D eigenvalue weighted by molar-refractivity contribution is 9.10. The van der Waals surface area contributed by atoms with Gasteiger partial charge in [0.2, 0.25) is 5.91 Å². The maximum Gasteiger partial charge on any atom is 0.234 e. The molecule has 2 aromatic carbocycles. The van der Waals surface area contributed by atoms with Gasteiger partial charge in [-0.25, -0.2) is 0 Å². The van der Waals surface area contributed by atoms with Crippen molar-refractivity contribution in [3.05, 3.63) is 52.0 Å². The predicted molar refractivity (Wildman–Crippen MR) is 103 cm³/mol. The monoisotopic (exact) mass is 409 g/mol.